The molecule has 2 fully saturated rings. The second kappa shape index (κ2) is 11.8. The van der Waals surface area contributed by atoms with Crippen LogP contribution in [0.2, 0.25) is 0 Å². The molecule has 2 saturated heterocycles. The maximum absolute atomic E-state index is 14.4. The Labute approximate surface area is 237 Å². The lowest BCUT2D eigenvalue weighted by atomic mass is 9.99. The first-order valence-electron chi connectivity index (χ1n) is 14.1. The number of nitrogens with zero attached hydrogens (tertiary/aromatic N) is 4. The van der Waals surface area contributed by atoms with E-state index in [2.05, 4.69) is 10.2 Å². The Kier molecular flexibility index (Phi) is 7.84. The Bertz CT molecular complexity index is 1530. The van der Waals surface area contributed by atoms with Gasteiger partial charge in [0.1, 0.15) is 5.69 Å². The van der Waals surface area contributed by atoms with E-state index < -0.39 is 23.3 Å². The molecule has 1 amide bonds. The second-order valence-corrected chi connectivity index (χ2v) is 10.5. The number of amides is 1. The van der Waals surface area contributed by atoms with Crippen molar-refractivity contribution in [2.24, 2.45) is 5.92 Å². The number of nitrogens with one attached hydrogen (secondary N) is 1. The number of aromatic nitrogens is 2. The standard InChI is InChI=1S/C31H33F2N5O3/c32-26-10-9-22(19-27(26)33)21-37-29(30(39)36-13-11-34-12-14-36)28(23-5-2-1-3-6-23)38(31(37)40)25-8-4-7-24(20-25)35-15-17-41-18-16-35/h1-8,10,19-20,22,34H,9,11-18,21H2. The maximum atomic E-state index is 14.4. The van der Waals surface area contributed by atoms with Crippen LogP contribution in [0.15, 0.2) is 83.2 Å². The van der Waals surface area contributed by atoms with Crippen molar-refractivity contribution in [3.63, 3.8) is 0 Å². The third-order valence-electron chi connectivity index (χ3n) is 7.89. The summed E-state index contributed by atoms with van der Waals surface area (Å²) in [6, 6.07) is 17.1. The third kappa shape index (κ3) is 5.49. The van der Waals surface area contributed by atoms with E-state index in [9.17, 15) is 18.4 Å². The van der Waals surface area contributed by atoms with Gasteiger partial charge in [0.05, 0.1) is 24.6 Å². The summed E-state index contributed by atoms with van der Waals surface area (Å²) in [6.45, 7) is 5.08. The Morgan fingerprint density at radius 3 is 2.39 bits per heavy atom. The molecule has 3 aromatic rings. The highest BCUT2D eigenvalue weighted by Gasteiger charge is 2.32. The SMILES string of the molecule is O=C(c1c(-c2ccccc2)n(-c2cccc(N3CCOCC3)c2)c(=O)n1CC1C=C(F)C(F)=CC1)N1CCNCC1. The first-order chi connectivity index (χ1) is 20.0. The Hall–Kier alpha value is -4.02. The monoisotopic (exact) mass is 561 g/mol. The van der Waals surface area contributed by atoms with E-state index in [0.717, 1.165) is 24.3 Å². The first-order valence-corrected chi connectivity index (χ1v) is 14.1. The van der Waals surface area contributed by atoms with E-state index >= 15 is 0 Å². The minimum Gasteiger partial charge on any atom is -0.378 e. The molecule has 1 aliphatic carbocycles. The number of halogens is 2. The number of allylic oxidation sites excluding steroid dienone is 4. The van der Waals surface area contributed by atoms with E-state index in [1.54, 1.807) is 9.47 Å². The molecule has 0 bridgehead atoms. The van der Waals surface area contributed by atoms with Crippen molar-refractivity contribution in [1.82, 2.24) is 19.4 Å². The summed E-state index contributed by atoms with van der Waals surface area (Å²) in [5.41, 5.74) is 2.64. The molecule has 3 aliphatic rings. The van der Waals surface area contributed by atoms with Gasteiger partial charge >= 0.3 is 5.69 Å². The Balaban J connectivity index is 1.54. The van der Waals surface area contributed by atoms with Gasteiger partial charge in [-0.1, -0.05) is 36.4 Å². The minimum absolute atomic E-state index is 0.0409. The summed E-state index contributed by atoms with van der Waals surface area (Å²) >= 11 is 0. The molecule has 0 spiro atoms. The zero-order chi connectivity index (χ0) is 28.3. The summed E-state index contributed by atoms with van der Waals surface area (Å²) in [4.78, 5) is 32.6. The number of hydrogen-bond acceptors (Lipinski definition) is 5. The number of piperazine rings is 1. The first kappa shape index (κ1) is 27.2. The fourth-order valence-electron chi connectivity index (χ4n) is 5.77. The van der Waals surface area contributed by atoms with E-state index in [0.29, 0.717) is 50.8 Å². The second-order valence-electron chi connectivity index (χ2n) is 10.5. The average molecular weight is 562 g/mol. The quantitative estimate of drug-likeness (QED) is 0.494. The highest BCUT2D eigenvalue weighted by atomic mass is 19.2. The molecule has 1 unspecified atom stereocenters. The summed E-state index contributed by atoms with van der Waals surface area (Å²) in [6.07, 6.45) is 2.63. The lowest BCUT2D eigenvalue weighted by Gasteiger charge is -2.29. The van der Waals surface area contributed by atoms with Crippen molar-refractivity contribution in [3.8, 4) is 16.9 Å². The number of benzene rings is 2. The molecule has 10 heteroatoms. The van der Waals surface area contributed by atoms with E-state index in [-0.39, 0.29) is 24.6 Å². The van der Waals surface area contributed by atoms with Crippen LogP contribution < -0.4 is 15.9 Å². The predicted molar refractivity (Wildman–Crippen MR) is 154 cm³/mol. The molecule has 2 aromatic carbocycles. The van der Waals surface area contributed by atoms with E-state index in [4.69, 9.17) is 4.74 Å². The summed E-state index contributed by atoms with van der Waals surface area (Å²) < 4.78 is 36.6. The van der Waals surface area contributed by atoms with Crippen molar-refractivity contribution >= 4 is 11.6 Å². The largest absolute Gasteiger partial charge is 0.378 e. The molecule has 41 heavy (non-hydrogen) atoms. The van der Waals surface area contributed by atoms with Gasteiger partial charge in [0.25, 0.3) is 5.91 Å². The van der Waals surface area contributed by atoms with Gasteiger partial charge in [0.2, 0.25) is 0 Å². The summed E-state index contributed by atoms with van der Waals surface area (Å²) in [7, 11) is 0. The molecular formula is C31H33F2N5O3. The van der Waals surface area contributed by atoms with Crippen LogP contribution in [0.1, 0.15) is 16.9 Å². The van der Waals surface area contributed by atoms with Crippen LogP contribution in [0.4, 0.5) is 14.5 Å². The zero-order valence-corrected chi connectivity index (χ0v) is 22.8. The molecule has 3 heterocycles. The van der Waals surface area contributed by atoms with Crippen LogP contribution in [-0.4, -0.2) is 72.4 Å². The van der Waals surface area contributed by atoms with Gasteiger partial charge in [-0.05, 0) is 36.8 Å². The molecule has 8 nitrogen and oxygen atoms in total. The summed E-state index contributed by atoms with van der Waals surface area (Å²) in [5.74, 6) is -2.58. The van der Waals surface area contributed by atoms with Crippen LogP contribution in [-0.2, 0) is 11.3 Å². The third-order valence-corrected chi connectivity index (χ3v) is 7.89. The van der Waals surface area contributed by atoms with Crippen LogP contribution in [0.5, 0.6) is 0 Å². The van der Waals surface area contributed by atoms with E-state index in [1.165, 1.54) is 16.7 Å². The molecule has 1 aromatic heterocycles. The molecule has 1 N–H and O–H groups in total. The van der Waals surface area contributed by atoms with Gasteiger partial charge in [0.15, 0.2) is 11.7 Å². The van der Waals surface area contributed by atoms with Crippen LogP contribution in [0, 0.1) is 5.92 Å². The number of imidazole rings is 1. The molecule has 6 rings (SSSR count). The Morgan fingerprint density at radius 2 is 1.66 bits per heavy atom. The lowest BCUT2D eigenvalue weighted by Crippen LogP contribution is -2.47. The minimum atomic E-state index is -0.940. The fourth-order valence-corrected chi connectivity index (χ4v) is 5.77. The van der Waals surface area contributed by atoms with Gasteiger partial charge in [-0.15, -0.1) is 0 Å². The van der Waals surface area contributed by atoms with Crippen molar-refractivity contribution < 1.29 is 18.3 Å². The molecule has 1 atom stereocenters. The number of morpholine rings is 1. The van der Waals surface area contributed by atoms with E-state index in [1.807, 2.05) is 54.6 Å². The van der Waals surface area contributed by atoms with Crippen molar-refractivity contribution in [3.05, 3.63) is 94.6 Å². The molecule has 0 saturated carbocycles. The molecular weight excluding hydrogens is 528 g/mol. The lowest BCUT2D eigenvalue weighted by molar-refractivity contribution is 0.0724. The summed E-state index contributed by atoms with van der Waals surface area (Å²) in [5, 5.41) is 3.26. The highest BCUT2D eigenvalue weighted by Crippen LogP contribution is 2.31. The zero-order valence-electron chi connectivity index (χ0n) is 22.8. The fraction of sp³-hybridized carbons (Fsp3) is 0.355. The van der Waals surface area contributed by atoms with Gasteiger partial charge in [-0.25, -0.2) is 13.6 Å². The van der Waals surface area contributed by atoms with Crippen molar-refractivity contribution in [2.45, 2.75) is 13.0 Å². The van der Waals surface area contributed by atoms with Crippen molar-refractivity contribution in [2.75, 3.05) is 57.4 Å². The van der Waals surface area contributed by atoms with Crippen molar-refractivity contribution in [1.29, 1.82) is 0 Å². The molecule has 214 valence electrons. The number of carbonyl (C=O) groups is 1. The topological polar surface area (TPSA) is 71.7 Å². The molecule has 2 aliphatic heterocycles. The highest BCUT2D eigenvalue weighted by molar-refractivity contribution is 5.99. The van der Waals surface area contributed by atoms with Crippen LogP contribution >= 0.6 is 0 Å². The number of ether oxygens (including phenoxy) is 1. The van der Waals surface area contributed by atoms with Gasteiger partial charge in [0, 0.05) is 63.0 Å². The number of rotatable bonds is 6. The van der Waals surface area contributed by atoms with Gasteiger partial charge in [-0.2, -0.15) is 0 Å². The molecule has 0 radical (unpaired) electrons. The number of anilines is 1. The van der Waals surface area contributed by atoms with Gasteiger partial charge in [-0.3, -0.25) is 13.9 Å². The predicted octanol–water partition coefficient (Wildman–Crippen LogP) is 3.91. The normalized spacial score (nSPS) is 19.6. The van der Waals surface area contributed by atoms with Crippen LogP contribution in [0.25, 0.3) is 16.9 Å². The average Bonchev–Trinajstić information content (AvgIpc) is 3.31. The van der Waals surface area contributed by atoms with Crippen LogP contribution in [0.3, 0.4) is 0 Å². The maximum Gasteiger partial charge on any atom is 0.333 e. The number of carbonyl (C=O) groups excluding carboxylic acids is 1. The van der Waals surface area contributed by atoms with Gasteiger partial charge < -0.3 is 19.9 Å². The smallest absolute Gasteiger partial charge is 0.333 e. The Morgan fingerprint density at radius 1 is 0.927 bits per heavy atom. The number of hydrogen-bond donors (Lipinski definition) is 1.